The fourth-order valence-electron chi connectivity index (χ4n) is 3.81. The summed E-state index contributed by atoms with van der Waals surface area (Å²) < 4.78 is 99.4. The first-order valence-corrected chi connectivity index (χ1v) is 13.6. The number of imide groups is 1. The lowest BCUT2D eigenvalue weighted by Crippen LogP contribution is -2.41. The third-order valence-electron chi connectivity index (χ3n) is 5.36. The first-order valence-electron chi connectivity index (χ1n) is 9.25. The maximum absolute atomic E-state index is 13.3. The molecule has 5 N–H and O–H groups in total. The molecule has 0 aliphatic carbocycles. The van der Waals surface area contributed by atoms with E-state index in [2.05, 4.69) is 0 Å². The van der Waals surface area contributed by atoms with Crippen LogP contribution in [-0.4, -0.2) is 50.7 Å². The number of nitrogens with zero attached hydrogens (tertiary/aromatic N) is 1. The molecule has 0 spiro atoms. The van der Waals surface area contributed by atoms with Crippen molar-refractivity contribution in [1.82, 2.24) is 0 Å². The van der Waals surface area contributed by atoms with E-state index in [1.165, 1.54) is 13.0 Å². The molecule has 0 radical (unpaired) electrons. The highest BCUT2D eigenvalue weighted by Crippen LogP contribution is 2.40. The Morgan fingerprint density at radius 1 is 0.743 bits per heavy atom. The lowest BCUT2D eigenvalue weighted by molar-refractivity contribution is 0.0893. The summed E-state index contributed by atoms with van der Waals surface area (Å²) >= 11 is 0. The molecule has 1 aliphatic rings. The van der Waals surface area contributed by atoms with Gasteiger partial charge in [-0.2, -0.15) is 25.3 Å². The lowest BCUT2D eigenvalue weighted by Gasteiger charge is -2.28. The number of benzene rings is 3. The number of hydrogen-bond acceptors (Lipinski definition) is 9. The minimum atomic E-state index is -5.05. The highest BCUT2D eigenvalue weighted by molar-refractivity contribution is 7.86. The molecule has 16 heteroatoms. The molecule has 2 amide bonds. The molecule has 13 nitrogen and oxygen atoms in total. The number of rotatable bonds is 4. The summed E-state index contributed by atoms with van der Waals surface area (Å²) in [6.07, 6.45) is 0. The zero-order valence-corrected chi connectivity index (χ0v) is 19.8. The third kappa shape index (κ3) is 3.95. The topological polar surface area (TPSA) is 227 Å². The van der Waals surface area contributed by atoms with Crippen LogP contribution in [0.15, 0.2) is 51.1 Å². The molecule has 184 valence electrons. The van der Waals surface area contributed by atoms with Crippen molar-refractivity contribution in [2.75, 3.05) is 10.6 Å². The van der Waals surface area contributed by atoms with Gasteiger partial charge in [0.1, 0.15) is 4.90 Å². The van der Waals surface area contributed by atoms with Crippen LogP contribution in [0.1, 0.15) is 26.3 Å². The van der Waals surface area contributed by atoms with Crippen LogP contribution in [-0.2, 0) is 30.4 Å². The molecule has 0 unspecified atom stereocenters. The van der Waals surface area contributed by atoms with E-state index in [9.17, 15) is 48.5 Å². The van der Waals surface area contributed by atoms with Gasteiger partial charge in [-0.1, -0.05) is 6.07 Å². The van der Waals surface area contributed by atoms with Crippen molar-refractivity contribution in [3.05, 3.63) is 53.1 Å². The Labute approximate surface area is 198 Å². The Balaban J connectivity index is 2.14. The van der Waals surface area contributed by atoms with Crippen LogP contribution < -0.4 is 10.6 Å². The molecule has 0 atom stereocenters. The molecule has 0 saturated carbocycles. The summed E-state index contributed by atoms with van der Waals surface area (Å²) in [7, 11) is -14.8. The summed E-state index contributed by atoms with van der Waals surface area (Å²) in [6, 6.07) is 5.31. The second kappa shape index (κ2) is 7.54. The van der Waals surface area contributed by atoms with Gasteiger partial charge in [0.15, 0.2) is 0 Å². The van der Waals surface area contributed by atoms with E-state index in [4.69, 9.17) is 5.73 Å². The van der Waals surface area contributed by atoms with Crippen molar-refractivity contribution in [3.8, 4) is 0 Å². The largest absolute Gasteiger partial charge is 0.397 e. The second-order valence-corrected chi connectivity index (χ2v) is 11.8. The van der Waals surface area contributed by atoms with E-state index in [1.807, 2.05) is 0 Å². The number of aryl methyl sites for hydroxylation is 1. The van der Waals surface area contributed by atoms with Gasteiger partial charge >= 0.3 is 0 Å². The van der Waals surface area contributed by atoms with Crippen molar-refractivity contribution in [1.29, 1.82) is 0 Å². The normalized spacial score (nSPS) is 14.6. The van der Waals surface area contributed by atoms with Crippen molar-refractivity contribution in [3.63, 3.8) is 0 Å². The van der Waals surface area contributed by atoms with Crippen LogP contribution >= 0.6 is 0 Å². The first-order chi connectivity index (χ1) is 15.9. The summed E-state index contributed by atoms with van der Waals surface area (Å²) in [4.78, 5) is 24.6. The summed E-state index contributed by atoms with van der Waals surface area (Å²) in [6.45, 7) is 1.34. The maximum Gasteiger partial charge on any atom is 0.296 e. The summed E-state index contributed by atoms with van der Waals surface area (Å²) in [5, 5.41) is -0.681. The van der Waals surface area contributed by atoms with Crippen LogP contribution in [0.25, 0.3) is 10.8 Å². The van der Waals surface area contributed by atoms with E-state index in [0.717, 1.165) is 24.3 Å². The van der Waals surface area contributed by atoms with Crippen molar-refractivity contribution >= 4 is 64.3 Å². The SMILES string of the molecule is Cc1ccc(N2C(=O)c3cc(S(=O)(=O)O)cc4c(N)c(S(=O)(=O)O)cc(c34)C2=O)cc1S(=O)(=O)O. The second-order valence-electron chi connectivity index (χ2n) is 7.55. The number of carbonyl (C=O) groups excluding carboxylic acids is 2. The molecule has 0 fully saturated rings. The van der Waals surface area contributed by atoms with Crippen LogP contribution in [0.2, 0.25) is 0 Å². The molecule has 4 rings (SSSR count). The fraction of sp³-hybridized carbons (Fsp3) is 0.0526. The smallest absolute Gasteiger partial charge is 0.296 e. The van der Waals surface area contributed by atoms with Gasteiger partial charge in [-0.25, -0.2) is 4.90 Å². The summed E-state index contributed by atoms with van der Waals surface area (Å²) in [5.41, 5.74) is 3.85. The number of carbonyl (C=O) groups is 2. The highest BCUT2D eigenvalue weighted by Gasteiger charge is 2.38. The van der Waals surface area contributed by atoms with Gasteiger partial charge < -0.3 is 5.73 Å². The van der Waals surface area contributed by atoms with Crippen LogP contribution in [0.5, 0.6) is 0 Å². The van der Waals surface area contributed by atoms with E-state index < -0.39 is 79.1 Å². The Morgan fingerprint density at radius 2 is 1.29 bits per heavy atom. The Kier molecular flexibility index (Phi) is 5.32. The van der Waals surface area contributed by atoms with Gasteiger partial charge in [0, 0.05) is 10.8 Å². The monoisotopic (exact) mass is 542 g/mol. The molecule has 1 aliphatic heterocycles. The van der Waals surface area contributed by atoms with Gasteiger partial charge in [-0.05, 0) is 42.8 Å². The predicted octanol–water partition coefficient (Wildman–Crippen LogP) is 1.27. The molecule has 0 bridgehead atoms. The van der Waals surface area contributed by atoms with Gasteiger partial charge in [0.25, 0.3) is 42.2 Å². The Morgan fingerprint density at radius 3 is 1.80 bits per heavy atom. The Hall–Kier alpha value is -3.41. The van der Waals surface area contributed by atoms with Crippen molar-refractivity contribution in [2.24, 2.45) is 0 Å². The zero-order chi connectivity index (χ0) is 26.2. The van der Waals surface area contributed by atoms with E-state index >= 15 is 0 Å². The standard InChI is InChI=1S/C19H14N2O11S3/c1-8-2-3-9(4-14(8)34(27,28)29)21-18(22)12-6-10(33(24,25)26)5-11-16(12)13(19(21)23)7-15(17(11)20)35(30,31)32/h2-7H,20H2,1H3,(H,24,25,26)(H,27,28,29)(H,30,31,32). The number of amides is 2. The highest BCUT2D eigenvalue weighted by atomic mass is 32.2. The van der Waals surface area contributed by atoms with Crippen molar-refractivity contribution in [2.45, 2.75) is 21.6 Å². The van der Waals surface area contributed by atoms with Crippen LogP contribution in [0.3, 0.4) is 0 Å². The molecule has 1 heterocycles. The maximum atomic E-state index is 13.3. The predicted molar refractivity (Wildman–Crippen MR) is 120 cm³/mol. The van der Waals surface area contributed by atoms with Gasteiger partial charge in [-0.15, -0.1) is 0 Å². The minimum absolute atomic E-state index is 0.0748. The number of nitrogen functional groups attached to an aromatic ring is 1. The van der Waals surface area contributed by atoms with Crippen LogP contribution in [0.4, 0.5) is 11.4 Å². The van der Waals surface area contributed by atoms with E-state index in [1.54, 1.807) is 0 Å². The number of hydrogen-bond donors (Lipinski definition) is 4. The average molecular weight is 543 g/mol. The molecular formula is C19H14N2O11S3. The van der Waals surface area contributed by atoms with Gasteiger partial charge in [-0.3, -0.25) is 23.2 Å². The van der Waals surface area contributed by atoms with Gasteiger partial charge in [0.05, 0.1) is 32.3 Å². The Bertz CT molecular complexity index is 1810. The molecular weight excluding hydrogens is 528 g/mol. The average Bonchev–Trinajstić information content (AvgIpc) is 2.71. The van der Waals surface area contributed by atoms with E-state index in [-0.39, 0.29) is 16.6 Å². The van der Waals surface area contributed by atoms with Gasteiger partial charge in [0.2, 0.25) is 0 Å². The molecule has 0 saturated heterocycles. The molecule has 0 aromatic heterocycles. The fourth-order valence-corrected chi connectivity index (χ4v) is 5.74. The zero-order valence-electron chi connectivity index (χ0n) is 17.3. The van der Waals surface area contributed by atoms with E-state index in [0.29, 0.717) is 11.0 Å². The number of anilines is 2. The minimum Gasteiger partial charge on any atom is -0.397 e. The lowest BCUT2D eigenvalue weighted by atomic mass is 9.92. The first kappa shape index (κ1) is 24.7. The number of nitrogens with two attached hydrogens (primary N) is 1. The third-order valence-corrected chi connectivity index (χ3v) is 8.08. The molecule has 3 aromatic rings. The quantitative estimate of drug-likeness (QED) is 0.208. The summed E-state index contributed by atoms with van der Waals surface area (Å²) in [5.74, 6) is -2.33. The molecule has 35 heavy (non-hydrogen) atoms. The van der Waals surface area contributed by atoms with Crippen LogP contribution in [0, 0.1) is 6.92 Å². The van der Waals surface area contributed by atoms with Crippen molar-refractivity contribution < 1.29 is 48.5 Å². The molecule has 3 aromatic carbocycles.